The van der Waals surface area contributed by atoms with Crippen molar-refractivity contribution in [1.82, 2.24) is 4.98 Å². The summed E-state index contributed by atoms with van der Waals surface area (Å²) in [6.45, 7) is 0. The molecule has 6 nitrogen and oxygen atoms in total. The van der Waals surface area contributed by atoms with Gasteiger partial charge in [0.2, 0.25) is 0 Å². The topological polar surface area (TPSA) is 89.3 Å². The highest BCUT2D eigenvalue weighted by atomic mass is 32.1. The van der Waals surface area contributed by atoms with Crippen LogP contribution in [0.3, 0.4) is 0 Å². The van der Waals surface area contributed by atoms with Gasteiger partial charge in [0, 0.05) is 6.04 Å². The van der Waals surface area contributed by atoms with Crippen molar-refractivity contribution < 1.29 is 9.53 Å². The highest BCUT2D eigenvalue weighted by Crippen LogP contribution is 2.31. The van der Waals surface area contributed by atoms with Gasteiger partial charge in [0.05, 0.1) is 12.8 Å². The lowest BCUT2D eigenvalue weighted by Crippen LogP contribution is -2.12. The number of carbonyl (C=O) groups is 1. The Kier molecular flexibility index (Phi) is 3.66. The lowest BCUT2D eigenvalue weighted by Gasteiger charge is -2.08. The minimum absolute atomic E-state index is 0.246. The van der Waals surface area contributed by atoms with Crippen LogP contribution in [-0.4, -0.2) is 24.0 Å². The van der Waals surface area contributed by atoms with Crippen LogP contribution in [0.15, 0.2) is 24.3 Å². The molecule has 0 bridgehead atoms. The quantitative estimate of drug-likeness (QED) is 0.790. The number of rotatable bonds is 5. The number of ether oxygens (including phenoxy) is 1. The van der Waals surface area contributed by atoms with Crippen molar-refractivity contribution in [2.75, 3.05) is 23.5 Å². The maximum Gasteiger partial charge on any atom is 0.269 e. The molecule has 1 aromatic heterocycles. The van der Waals surface area contributed by atoms with Gasteiger partial charge >= 0.3 is 0 Å². The molecule has 1 aromatic carbocycles. The number of carbonyl (C=O) groups excluding carboxylic acids is 1. The van der Waals surface area contributed by atoms with E-state index in [4.69, 9.17) is 10.5 Å². The maximum atomic E-state index is 12.3. The Balaban J connectivity index is 1.76. The van der Waals surface area contributed by atoms with Gasteiger partial charge in [-0.2, -0.15) is 0 Å². The van der Waals surface area contributed by atoms with E-state index in [0.717, 1.165) is 12.8 Å². The highest BCUT2D eigenvalue weighted by molar-refractivity contribution is 7.18. The van der Waals surface area contributed by atoms with Crippen LogP contribution in [0.1, 0.15) is 22.5 Å². The van der Waals surface area contributed by atoms with Crippen molar-refractivity contribution in [3.63, 3.8) is 0 Å². The van der Waals surface area contributed by atoms with E-state index in [-0.39, 0.29) is 11.7 Å². The number of amides is 1. The number of benzene rings is 1. The minimum Gasteiger partial charge on any atom is -0.495 e. The van der Waals surface area contributed by atoms with E-state index in [1.165, 1.54) is 11.3 Å². The third kappa shape index (κ3) is 3.08. The summed E-state index contributed by atoms with van der Waals surface area (Å²) in [5.41, 5.74) is 6.44. The summed E-state index contributed by atoms with van der Waals surface area (Å²) in [5, 5.41) is 6.74. The van der Waals surface area contributed by atoms with Gasteiger partial charge in [-0.15, -0.1) is 0 Å². The molecule has 2 aromatic rings. The first kappa shape index (κ1) is 13.7. The Labute approximate surface area is 126 Å². The van der Waals surface area contributed by atoms with E-state index in [0.29, 0.717) is 27.5 Å². The van der Waals surface area contributed by atoms with E-state index < -0.39 is 0 Å². The van der Waals surface area contributed by atoms with Gasteiger partial charge in [0.25, 0.3) is 5.91 Å². The van der Waals surface area contributed by atoms with Gasteiger partial charge in [-0.3, -0.25) is 4.79 Å². The number of nitrogens with two attached hydrogens (primary N) is 1. The van der Waals surface area contributed by atoms with Crippen molar-refractivity contribution in [2.45, 2.75) is 18.9 Å². The molecule has 0 saturated heterocycles. The zero-order valence-corrected chi connectivity index (χ0v) is 12.4. The summed E-state index contributed by atoms with van der Waals surface area (Å²) < 4.78 is 5.21. The normalized spacial score (nSPS) is 13.8. The summed E-state index contributed by atoms with van der Waals surface area (Å²) in [6.07, 6.45) is 2.28. The van der Waals surface area contributed by atoms with Gasteiger partial charge in [0.1, 0.15) is 16.4 Å². The van der Waals surface area contributed by atoms with Gasteiger partial charge < -0.3 is 21.1 Å². The molecule has 110 valence electrons. The number of hydrogen-bond donors (Lipinski definition) is 3. The molecule has 0 aliphatic heterocycles. The van der Waals surface area contributed by atoms with Crippen LogP contribution in [-0.2, 0) is 0 Å². The second-order valence-electron chi connectivity index (χ2n) is 4.81. The molecule has 0 unspecified atom stereocenters. The molecule has 1 aliphatic rings. The van der Waals surface area contributed by atoms with Crippen molar-refractivity contribution in [1.29, 1.82) is 0 Å². The monoisotopic (exact) mass is 304 g/mol. The summed E-state index contributed by atoms with van der Waals surface area (Å²) in [4.78, 5) is 16.9. The molecule has 1 saturated carbocycles. The van der Waals surface area contributed by atoms with Crippen LogP contribution in [0.2, 0.25) is 0 Å². The Hall–Kier alpha value is -2.28. The number of thiazole rings is 1. The third-order valence-electron chi connectivity index (χ3n) is 3.12. The summed E-state index contributed by atoms with van der Waals surface area (Å²) in [7, 11) is 1.56. The van der Waals surface area contributed by atoms with E-state index in [9.17, 15) is 4.79 Å². The Morgan fingerprint density at radius 3 is 2.90 bits per heavy atom. The standard InChI is InChI=1S/C14H16N4O2S/c1-20-10-5-3-2-4-9(10)17-13(19)11-12(15)18-14(21-11)16-8-6-7-8/h2-5,8H,6-7,15H2,1H3,(H,16,18)(H,17,19). The van der Waals surface area contributed by atoms with Crippen molar-refractivity contribution in [2.24, 2.45) is 0 Å². The first-order valence-electron chi connectivity index (χ1n) is 6.64. The summed E-state index contributed by atoms with van der Waals surface area (Å²) in [5.74, 6) is 0.569. The van der Waals surface area contributed by atoms with Crippen LogP contribution in [0.5, 0.6) is 5.75 Å². The van der Waals surface area contributed by atoms with Crippen molar-refractivity contribution in [3.05, 3.63) is 29.1 Å². The number of para-hydroxylation sites is 2. The summed E-state index contributed by atoms with van der Waals surface area (Å²) in [6, 6.07) is 7.70. The zero-order valence-electron chi connectivity index (χ0n) is 11.6. The lowest BCUT2D eigenvalue weighted by molar-refractivity contribution is 0.103. The fourth-order valence-electron chi connectivity index (χ4n) is 1.89. The van der Waals surface area contributed by atoms with Crippen molar-refractivity contribution >= 4 is 33.9 Å². The number of nitrogen functional groups attached to an aromatic ring is 1. The van der Waals surface area contributed by atoms with E-state index >= 15 is 0 Å². The molecule has 4 N–H and O–H groups in total. The average Bonchev–Trinajstić information content (AvgIpc) is 3.21. The first-order chi connectivity index (χ1) is 10.2. The molecule has 0 spiro atoms. The zero-order chi connectivity index (χ0) is 14.8. The molecule has 1 heterocycles. The Morgan fingerprint density at radius 1 is 1.43 bits per heavy atom. The second kappa shape index (κ2) is 5.61. The molecule has 0 radical (unpaired) electrons. The molecule has 7 heteroatoms. The molecular formula is C14H16N4O2S. The van der Waals surface area contributed by atoms with Crippen molar-refractivity contribution in [3.8, 4) is 5.75 Å². The number of nitrogens with zero attached hydrogens (tertiary/aromatic N) is 1. The smallest absolute Gasteiger partial charge is 0.269 e. The third-order valence-corrected chi connectivity index (χ3v) is 4.12. The molecule has 21 heavy (non-hydrogen) atoms. The molecule has 1 amide bonds. The van der Waals surface area contributed by atoms with Gasteiger partial charge in [-0.25, -0.2) is 4.98 Å². The lowest BCUT2D eigenvalue weighted by atomic mass is 10.3. The Bertz CT molecular complexity index is 667. The van der Waals surface area contributed by atoms with Gasteiger partial charge in [-0.1, -0.05) is 23.5 Å². The van der Waals surface area contributed by atoms with Gasteiger partial charge in [-0.05, 0) is 25.0 Å². The fraction of sp³-hybridized carbons (Fsp3) is 0.286. The number of methoxy groups -OCH3 is 1. The highest BCUT2D eigenvalue weighted by Gasteiger charge is 2.24. The van der Waals surface area contributed by atoms with Crippen LogP contribution < -0.4 is 21.1 Å². The van der Waals surface area contributed by atoms with E-state index in [2.05, 4.69) is 15.6 Å². The largest absolute Gasteiger partial charge is 0.495 e. The molecule has 3 rings (SSSR count). The van der Waals surface area contributed by atoms with E-state index in [1.807, 2.05) is 12.1 Å². The number of hydrogen-bond acceptors (Lipinski definition) is 6. The number of nitrogens with one attached hydrogen (secondary N) is 2. The molecule has 1 fully saturated rings. The predicted octanol–water partition coefficient (Wildman–Crippen LogP) is 2.56. The molecule has 1 aliphatic carbocycles. The first-order valence-corrected chi connectivity index (χ1v) is 7.46. The molecule has 0 atom stereocenters. The van der Waals surface area contributed by atoms with Crippen LogP contribution >= 0.6 is 11.3 Å². The average molecular weight is 304 g/mol. The van der Waals surface area contributed by atoms with Crippen LogP contribution in [0, 0.1) is 0 Å². The van der Waals surface area contributed by atoms with Gasteiger partial charge in [0.15, 0.2) is 5.13 Å². The van der Waals surface area contributed by atoms with Crippen LogP contribution in [0.25, 0.3) is 0 Å². The maximum absolute atomic E-state index is 12.3. The minimum atomic E-state index is -0.279. The Morgan fingerprint density at radius 2 is 2.19 bits per heavy atom. The number of anilines is 3. The summed E-state index contributed by atoms with van der Waals surface area (Å²) >= 11 is 1.27. The van der Waals surface area contributed by atoms with Crippen LogP contribution in [0.4, 0.5) is 16.6 Å². The predicted molar refractivity (Wildman–Crippen MR) is 84.1 cm³/mol. The van der Waals surface area contributed by atoms with E-state index in [1.54, 1.807) is 19.2 Å². The fourth-order valence-corrected chi connectivity index (χ4v) is 2.74. The molecular weight excluding hydrogens is 288 g/mol. The second-order valence-corrected chi connectivity index (χ2v) is 5.81. The SMILES string of the molecule is COc1ccccc1NC(=O)c1sc(NC2CC2)nc1N. The number of aromatic nitrogens is 1.